The van der Waals surface area contributed by atoms with Crippen LogP contribution in [-0.2, 0) is 4.79 Å². The van der Waals surface area contributed by atoms with Crippen molar-refractivity contribution in [2.75, 3.05) is 0 Å². The predicted molar refractivity (Wildman–Crippen MR) is 53.1 cm³/mol. The number of aryl methyl sites for hydroxylation is 1. The van der Waals surface area contributed by atoms with Crippen LogP contribution in [0, 0.1) is 6.92 Å². The fourth-order valence-corrected chi connectivity index (χ4v) is 1.50. The number of carboxylic acids is 1. The van der Waals surface area contributed by atoms with Gasteiger partial charge in [-0.2, -0.15) is 0 Å². The zero-order valence-electron chi connectivity index (χ0n) is 7.36. The smallest absolute Gasteiger partial charge is 0.337 e. The van der Waals surface area contributed by atoms with Gasteiger partial charge in [-0.25, -0.2) is 4.79 Å². The standard InChI is InChI=1S/C9H9BrO4/c1-4-2-3-5(10)7(11)6(4)8(12)9(13)14/h2-3,8,11-12H,1H3,(H,13,14). The molecule has 0 aliphatic heterocycles. The highest BCUT2D eigenvalue weighted by atomic mass is 79.9. The summed E-state index contributed by atoms with van der Waals surface area (Å²) in [5.74, 6) is -1.62. The number of hydrogen-bond acceptors (Lipinski definition) is 3. The van der Waals surface area contributed by atoms with Gasteiger partial charge in [0, 0.05) is 5.56 Å². The molecule has 3 N–H and O–H groups in total. The Morgan fingerprint density at radius 3 is 2.57 bits per heavy atom. The van der Waals surface area contributed by atoms with Gasteiger partial charge >= 0.3 is 5.97 Å². The van der Waals surface area contributed by atoms with E-state index in [1.54, 1.807) is 19.1 Å². The number of aromatic hydroxyl groups is 1. The molecule has 0 bridgehead atoms. The van der Waals surface area contributed by atoms with Crippen LogP contribution in [0.15, 0.2) is 16.6 Å². The maximum atomic E-state index is 10.5. The Morgan fingerprint density at radius 1 is 1.50 bits per heavy atom. The molecular formula is C9H9BrO4. The first kappa shape index (κ1) is 11.0. The summed E-state index contributed by atoms with van der Waals surface area (Å²) in [7, 11) is 0. The molecule has 0 aliphatic carbocycles. The molecule has 1 unspecified atom stereocenters. The highest BCUT2D eigenvalue weighted by Gasteiger charge is 2.22. The van der Waals surface area contributed by atoms with Crippen molar-refractivity contribution >= 4 is 21.9 Å². The van der Waals surface area contributed by atoms with E-state index in [4.69, 9.17) is 5.11 Å². The van der Waals surface area contributed by atoms with Crippen LogP contribution in [0.4, 0.5) is 0 Å². The lowest BCUT2D eigenvalue weighted by Crippen LogP contribution is -2.12. The van der Waals surface area contributed by atoms with Crippen molar-refractivity contribution in [3.63, 3.8) is 0 Å². The Hall–Kier alpha value is -1.07. The minimum Gasteiger partial charge on any atom is -0.506 e. The quantitative estimate of drug-likeness (QED) is 0.755. The monoisotopic (exact) mass is 260 g/mol. The number of halogens is 1. The Labute approximate surface area is 88.9 Å². The van der Waals surface area contributed by atoms with Crippen LogP contribution < -0.4 is 0 Å². The van der Waals surface area contributed by atoms with Crippen LogP contribution >= 0.6 is 15.9 Å². The molecule has 4 nitrogen and oxygen atoms in total. The largest absolute Gasteiger partial charge is 0.506 e. The first-order valence-electron chi connectivity index (χ1n) is 3.84. The van der Waals surface area contributed by atoms with Crippen molar-refractivity contribution in [3.8, 4) is 5.75 Å². The highest BCUT2D eigenvalue weighted by Crippen LogP contribution is 2.34. The maximum absolute atomic E-state index is 10.5. The second-order valence-corrected chi connectivity index (χ2v) is 3.72. The number of phenolic OH excluding ortho intramolecular Hbond substituents is 1. The SMILES string of the molecule is Cc1ccc(Br)c(O)c1C(O)C(=O)O. The molecule has 0 saturated heterocycles. The summed E-state index contributed by atoms with van der Waals surface area (Å²) in [5, 5.41) is 27.4. The lowest BCUT2D eigenvalue weighted by atomic mass is 10.0. The van der Waals surface area contributed by atoms with E-state index in [1.807, 2.05) is 0 Å². The summed E-state index contributed by atoms with van der Waals surface area (Å²) >= 11 is 3.04. The zero-order valence-corrected chi connectivity index (χ0v) is 8.95. The molecular weight excluding hydrogens is 252 g/mol. The molecule has 0 saturated carbocycles. The number of hydrogen-bond donors (Lipinski definition) is 3. The van der Waals surface area contributed by atoms with E-state index in [2.05, 4.69) is 15.9 Å². The summed E-state index contributed by atoms with van der Waals surface area (Å²) in [4.78, 5) is 10.5. The van der Waals surface area contributed by atoms with Crippen LogP contribution in [0.5, 0.6) is 5.75 Å². The number of benzene rings is 1. The fourth-order valence-electron chi connectivity index (χ4n) is 1.15. The van der Waals surface area contributed by atoms with Crippen molar-refractivity contribution in [3.05, 3.63) is 27.7 Å². The third-order valence-electron chi connectivity index (χ3n) is 1.89. The van der Waals surface area contributed by atoms with E-state index in [0.717, 1.165) is 0 Å². The van der Waals surface area contributed by atoms with Gasteiger partial charge in [0.1, 0.15) is 5.75 Å². The Bertz CT molecular complexity index is 375. The average Bonchev–Trinajstić information content (AvgIpc) is 2.12. The maximum Gasteiger partial charge on any atom is 0.337 e. The third-order valence-corrected chi connectivity index (χ3v) is 2.53. The molecule has 0 spiro atoms. The molecule has 1 aromatic carbocycles. The molecule has 0 radical (unpaired) electrons. The lowest BCUT2D eigenvalue weighted by molar-refractivity contribution is -0.147. The van der Waals surface area contributed by atoms with Gasteiger partial charge in [0.05, 0.1) is 4.47 Å². The number of aliphatic hydroxyl groups excluding tert-OH is 1. The van der Waals surface area contributed by atoms with Crippen LogP contribution in [0.1, 0.15) is 17.2 Å². The zero-order chi connectivity index (χ0) is 10.9. The van der Waals surface area contributed by atoms with Crippen molar-refractivity contribution in [1.29, 1.82) is 0 Å². The lowest BCUT2D eigenvalue weighted by Gasteiger charge is -2.12. The normalized spacial score (nSPS) is 12.5. The number of aliphatic hydroxyl groups is 1. The predicted octanol–water partition coefficient (Wildman–Crippen LogP) is 1.58. The molecule has 14 heavy (non-hydrogen) atoms. The van der Waals surface area contributed by atoms with E-state index in [9.17, 15) is 15.0 Å². The van der Waals surface area contributed by atoms with E-state index in [-0.39, 0.29) is 11.3 Å². The minimum absolute atomic E-state index is 0.0203. The summed E-state index contributed by atoms with van der Waals surface area (Å²) in [6, 6.07) is 3.20. The molecule has 0 amide bonds. The van der Waals surface area contributed by atoms with Crippen molar-refractivity contribution in [1.82, 2.24) is 0 Å². The molecule has 0 fully saturated rings. The number of phenols is 1. The van der Waals surface area contributed by atoms with E-state index < -0.39 is 12.1 Å². The number of carboxylic acid groups (broad SMARTS) is 1. The van der Waals surface area contributed by atoms with Gasteiger partial charge in [0.15, 0.2) is 6.10 Å². The van der Waals surface area contributed by atoms with E-state index >= 15 is 0 Å². The van der Waals surface area contributed by atoms with Gasteiger partial charge in [-0.15, -0.1) is 0 Å². The molecule has 5 heteroatoms. The summed E-state index contributed by atoms with van der Waals surface area (Å²) in [6.45, 7) is 1.62. The van der Waals surface area contributed by atoms with Crippen LogP contribution in [0.2, 0.25) is 0 Å². The Kier molecular flexibility index (Phi) is 3.13. The Balaban J connectivity index is 3.32. The number of carbonyl (C=O) groups is 1. The molecule has 0 heterocycles. The fraction of sp³-hybridized carbons (Fsp3) is 0.222. The van der Waals surface area contributed by atoms with Gasteiger partial charge in [-0.3, -0.25) is 0 Å². The highest BCUT2D eigenvalue weighted by molar-refractivity contribution is 9.10. The van der Waals surface area contributed by atoms with E-state index in [0.29, 0.717) is 10.0 Å². The first-order chi connectivity index (χ1) is 6.45. The van der Waals surface area contributed by atoms with Gasteiger partial charge in [0.2, 0.25) is 0 Å². The van der Waals surface area contributed by atoms with Crippen LogP contribution in [-0.4, -0.2) is 21.3 Å². The van der Waals surface area contributed by atoms with Crippen molar-refractivity contribution < 1.29 is 20.1 Å². The summed E-state index contributed by atoms with van der Waals surface area (Å²) in [6.07, 6.45) is -1.70. The van der Waals surface area contributed by atoms with Gasteiger partial charge in [-0.1, -0.05) is 6.07 Å². The second-order valence-electron chi connectivity index (χ2n) is 2.87. The molecule has 1 rings (SSSR count). The Morgan fingerprint density at radius 2 is 2.07 bits per heavy atom. The number of aliphatic carboxylic acids is 1. The van der Waals surface area contributed by atoms with Crippen LogP contribution in [0.3, 0.4) is 0 Å². The van der Waals surface area contributed by atoms with Gasteiger partial charge in [-0.05, 0) is 34.5 Å². The summed E-state index contributed by atoms with van der Waals surface area (Å²) < 4.78 is 0.360. The molecule has 0 aliphatic rings. The molecule has 0 aromatic heterocycles. The first-order valence-corrected chi connectivity index (χ1v) is 4.63. The van der Waals surface area contributed by atoms with Crippen LogP contribution in [0.25, 0.3) is 0 Å². The van der Waals surface area contributed by atoms with E-state index in [1.165, 1.54) is 0 Å². The van der Waals surface area contributed by atoms with Crippen molar-refractivity contribution in [2.24, 2.45) is 0 Å². The topological polar surface area (TPSA) is 77.8 Å². The number of rotatable bonds is 2. The van der Waals surface area contributed by atoms with Gasteiger partial charge in [0.25, 0.3) is 0 Å². The van der Waals surface area contributed by atoms with Gasteiger partial charge < -0.3 is 15.3 Å². The van der Waals surface area contributed by atoms with Crippen molar-refractivity contribution in [2.45, 2.75) is 13.0 Å². The second kappa shape index (κ2) is 3.98. The molecule has 1 aromatic rings. The summed E-state index contributed by atoms with van der Waals surface area (Å²) in [5.41, 5.74) is 0.549. The molecule has 1 atom stereocenters. The average molecular weight is 261 g/mol. The minimum atomic E-state index is -1.70. The third kappa shape index (κ3) is 1.88. The molecule has 76 valence electrons.